The zero-order valence-electron chi connectivity index (χ0n) is 19.3. The molecule has 36 heavy (non-hydrogen) atoms. The van der Waals surface area contributed by atoms with Crippen molar-refractivity contribution in [1.29, 1.82) is 0 Å². The number of hydrogen-bond acceptors (Lipinski definition) is 2. The molecule has 2 aliphatic rings. The fraction of sp³-hybridized carbons (Fsp3) is 0. The number of ketones is 1. The van der Waals surface area contributed by atoms with Crippen molar-refractivity contribution < 1.29 is 9.90 Å². The van der Waals surface area contributed by atoms with Gasteiger partial charge in [0.15, 0.2) is 12.0 Å². The highest BCUT2D eigenvalue weighted by atomic mass is 16.3. The molecule has 0 saturated carbocycles. The van der Waals surface area contributed by atoms with Crippen molar-refractivity contribution in [3.63, 3.8) is 0 Å². The second-order valence-corrected chi connectivity index (χ2v) is 8.94. The minimum atomic E-state index is -0.202. The third-order valence-corrected chi connectivity index (χ3v) is 6.94. The molecule has 4 aromatic carbocycles. The first-order chi connectivity index (χ1) is 17.7. The topological polar surface area (TPSA) is 48.1 Å². The summed E-state index contributed by atoms with van der Waals surface area (Å²) in [5.74, 6) is -0.404. The van der Waals surface area contributed by atoms with Crippen molar-refractivity contribution >= 4 is 45.4 Å². The SMILES string of the molecule is O=C1C(=C2C=[N+](c3ccccc3)c3ccccc32)C([O-])=C1c1cn(-c2ccccc2)c2ccccc12. The highest BCUT2D eigenvalue weighted by Crippen LogP contribution is 2.45. The molecular weight excluding hydrogens is 444 g/mol. The highest BCUT2D eigenvalue weighted by molar-refractivity contribution is 6.45. The van der Waals surface area contributed by atoms with E-state index in [1.807, 2.05) is 131 Å². The van der Waals surface area contributed by atoms with Crippen LogP contribution in [0.3, 0.4) is 0 Å². The number of carbonyl (C=O) groups excluding carboxylic acids is 1. The van der Waals surface area contributed by atoms with Gasteiger partial charge in [-0.1, -0.05) is 72.5 Å². The van der Waals surface area contributed by atoms with Gasteiger partial charge in [-0.05, 0) is 24.3 Å². The van der Waals surface area contributed by atoms with Crippen LogP contribution in [0.5, 0.6) is 0 Å². The summed E-state index contributed by atoms with van der Waals surface area (Å²) in [6.07, 6.45) is 3.82. The summed E-state index contributed by atoms with van der Waals surface area (Å²) in [5.41, 5.74) is 6.65. The Kier molecular flexibility index (Phi) is 4.42. The van der Waals surface area contributed by atoms with Crippen LogP contribution < -0.4 is 9.68 Å². The molecule has 0 spiro atoms. The van der Waals surface area contributed by atoms with Crippen LogP contribution in [0, 0.1) is 0 Å². The van der Waals surface area contributed by atoms with E-state index in [9.17, 15) is 9.90 Å². The van der Waals surface area contributed by atoms with Gasteiger partial charge in [0.2, 0.25) is 11.4 Å². The van der Waals surface area contributed by atoms with Crippen molar-refractivity contribution in [2.24, 2.45) is 0 Å². The lowest BCUT2D eigenvalue weighted by molar-refractivity contribution is -0.297. The maximum atomic E-state index is 13.6. The average molecular weight is 465 g/mol. The molecule has 0 radical (unpaired) electrons. The lowest BCUT2D eigenvalue weighted by Crippen LogP contribution is -2.30. The Labute approximate surface area is 208 Å². The number of allylic oxidation sites excluding steroid dienone is 3. The highest BCUT2D eigenvalue weighted by Gasteiger charge is 2.38. The van der Waals surface area contributed by atoms with Gasteiger partial charge in [0.25, 0.3) is 0 Å². The Bertz CT molecular complexity index is 1790. The average Bonchev–Trinajstić information content (AvgIpc) is 3.49. The minimum Gasteiger partial charge on any atom is -0.871 e. The number of fused-ring (bicyclic) bond motifs is 2. The molecule has 4 heteroatoms. The predicted octanol–water partition coefficient (Wildman–Crippen LogP) is 5.66. The number of carbonyl (C=O) groups is 1. The van der Waals surface area contributed by atoms with Gasteiger partial charge in [-0.15, -0.1) is 0 Å². The molecular formula is C32H20N2O2. The molecule has 2 heterocycles. The van der Waals surface area contributed by atoms with Crippen molar-refractivity contribution in [2.45, 2.75) is 0 Å². The van der Waals surface area contributed by atoms with Crippen molar-refractivity contribution in [2.75, 3.05) is 0 Å². The first-order valence-electron chi connectivity index (χ1n) is 11.9. The summed E-state index contributed by atoms with van der Waals surface area (Å²) in [6.45, 7) is 0. The number of para-hydroxylation sites is 4. The lowest BCUT2D eigenvalue weighted by atomic mass is 9.80. The van der Waals surface area contributed by atoms with Crippen molar-refractivity contribution in [3.05, 3.63) is 138 Å². The Morgan fingerprint density at radius 2 is 1.33 bits per heavy atom. The van der Waals surface area contributed by atoms with Crippen LogP contribution in [0.1, 0.15) is 11.1 Å². The standard InChI is InChI=1S/C32H20N2O2/c35-31-29(25-19-33(21-11-3-1-4-12-21)27-17-9-7-15-23(25)27)32(36)30(31)26-20-34(22-13-5-2-6-14-22)28-18-10-8-16-24(26)28/h1-20H. The molecule has 7 rings (SSSR count). The van der Waals surface area contributed by atoms with Crippen LogP contribution in [-0.4, -0.2) is 16.6 Å². The first kappa shape index (κ1) is 20.4. The van der Waals surface area contributed by atoms with Crippen LogP contribution in [0.4, 0.5) is 11.4 Å². The maximum Gasteiger partial charge on any atom is 0.219 e. The van der Waals surface area contributed by atoms with E-state index in [4.69, 9.17) is 0 Å². The van der Waals surface area contributed by atoms with Crippen molar-refractivity contribution in [3.8, 4) is 5.69 Å². The Balaban J connectivity index is 1.42. The third kappa shape index (κ3) is 2.88. The maximum absolute atomic E-state index is 13.6. The zero-order chi connectivity index (χ0) is 24.2. The molecule has 0 fully saturated rings. The number of nitrogens with zero attached hydrogens (tertiary/aromatic N) is 2. The first-order valence-corrected chi connectivity index (χ1v) is 11.9. The molecule has 170 valence electrons. The molecule has 0 atom stereocenters. The van der Waals surface area contributed by atoms with Gasteiger partial charge < -0.3 is 9.67 Å². The summed E-state index contributed by atoms with van der Waals surface area (Å²) < 4.78 is 4.08. The molecule has 0 amide bonds. The second-order valence-electron chi connectivity index (χ2n) is 8.94. The van der Waals surface area contributed by atoms with E-state index < -0.39 is 0 Å². The van der Waals surface area contributed by atoms with Gasteiger partial charge in [-0.2, -0.15) is 4.58 Å². The summed E-state index contributed by atoms with van der Waals surface area (Å²) >= 11 is 0. The van der Waals surface area contributed by atoms with E-state index >= 15 is 0 Å². The Hall–Kier alpha value is -4.96. The Morgan fingerprint density at radius 3 is 2.11 bits per heavy atom. The van der Waals surface area contributed by atoms with Crippen molar-refractivity contribution in [1.82, 2.24) is 9.14 Å². The summed E-state index contributed by atoms with van der Waals surface area (Å²) in [4.78, 5) is 13.6. The number of benzene rings is 4. The fourth-order valence-corrected chi connectivity index (χ4v) is 5.25. The Morgan fingerprint density at radius 1 is 0.667 bits per heavy atom. The quantitative estimate of drug-likeness (QED) is 0.256. The molecule has 1 aliphatic carbocycles. The monoisotopic (exact) mass is 464 g/mol. The summed E-state index contributed by atoms with van der Waals surface area (Å²) in [5, 5.41) is 14.5. The normalized spacial score (nSPS) is 16.8. The smallest absolute Gasteiger partial charge is 0.219 e. The second kappa shape index (κ2) is 7.79. The van der Waals surface area contributed by atoms with Gasteiger partial charge >= 0.3 is 0 Å². The zero-order valence-corrected chi connectivity index (χ0v) is 19.3. The van der Waals surface area contributed by atoms with Crippen LogP contribution in [0.2, 0.25) is 0 Å². The van der Waals surface area contributed by atoms with Crippen LogP contribution in [-0.2, 0) is 4.79 Å². The molecule has 0 bridgehead atoms. The third-order valence-electron chi connectivity index (χ3n) is 6.94. The molecule has 1 aliphatic heterocycles. The van der Waals surface area contributed by atoms with Gasteiger partial charge in [-0.25, -0.2) is 0 Å². The van der Waals surface area contributed by atoms with E-state index in [-0.39, 0.29) is 22.7 Å². The van der Waals surface area contributed by atoms with Gasteiger partial charge in [0.1, 0.15) is 0 Å². The fourth-order valence-electron chi connectivity index (χ4n) is 5.25. The van der Waals surface area contributed by atoms with E-state index in [0.29, 0.717) is 11.1 Å². The van der Waals surface area contributed by atoms with Crippen LogP contribution in [0.15, 0.2) is 127 Å². The van der Waals surface area contributed by atoms with E-state index in [2.05, 4.69) is 0 Å². The van der Waals surface area contributed by atoms with Gasteiger partial charge in [-0.3, -0.25) is 4.79 Å². The number of Topliss-reactive ketones (excluding diaryl/α,β-unsaturated/α-hetero) is 1. The lowest BCUT2D eigenvalue weighted by Gasteiger charge is -2.31. The number of rotatable bonds is 3. The molecule has 1 aromatic heterocycles. The molecule has 5 aromatic rings. The van der Waals surface area contributed by atoms with Gasteiger partial charge in [0.05, 0.1) is 16.7 Å². The van der Waals surface area contributed by atoms with E-state index in [0.717, 1.165) is 33.5 Å². The molecule has 4 nitrogen and oxygen atoms in total. The van der Waals surface area contributed by atoms with Gasteiger partial charge in [0, 0.05) is 52.2 Å². The van der Waals surface area contributed by atoms with Crippen LogP contribution >= 0.6 is 0 Å². The molecule has 0 unspecified atom stereocenters. The van der Waals surface area contributed by atoms with E-state index in [1.165, 1.54) is 0 Å². The number of hydrogen-bond donors (Lipinski definition) is 0. The minimum absolute atomic E-state index is 0.202. The van der Waals surface area contributed by atoms with E-state index in [1.54, 1.807) is 0 Å². The molecule has 0 N–H and O–H groups in total. The van der Waals surface area contributed by atoms with Crippen LogP contribution in [0.25, 0.3) is 27.7 Å². The summed E-state index contributed by atoms with van der Waals surface area (Å²) in [6, 6.07) is 35.7. The number of aromatic nitrogens is 1. The predicted molar refractivity (Wildman–Crippen MR) is 143 cm³/mol. The molecule has 0 saturated heterocycles. The largest absolute Gasteiger partial charge is 0.871 e. The summed E-state index contributed by atoms with van der Waals surface area (Å²) in [7, 11) is 0.